The molecule has 0 aliphatic rings. The van der Waals surface area contributed by atoms with E-state index in [4.69, 9.17) is 9.47 Å². The van der Waals surface area contributed by atoms with Crippen LogP contribution in [0.3, 0.4) is 0 Å². The van der Waals surface area contributed by atoms with Crippen LogP contribution in [0.25, 0.3) is 0 Å². The van der Waals surface area contributed by atoms with Crippen LogP contribution in [-0.4, -0.2) is 25.7 Å². The average Bonchev–Trinajstić information content (AvgIpc) is 2.48. The van der Waals surface area contributed by atoms with Crippen molar-refractivity contribution in [2.45, 2.75) is 39.7 Å². The quantitative estimate of drug-likeness (QED) is 0.740. The van der Waals surface area contributed by atoms with Crippen LogP contribution in [0.15, 0.2) is 24.3 Å². The van der Waals surface area contributed by atoms with E-state index in [0.29, 0.717) is 6.61 Å². The third-order valence-electron chi connectivity index (χ3n) is 3.47. The van der Waals surface area contributed by atoms with Gasteiger partial charge in [-0.2, -0.15) is 0 Å². The summed E-state index contributed by atoms with van der Waals surface area (Å²) < 4.78 is 10.3. The number of benzene rings is 1. The van der Waals surface area contributed by atoms with E-state index >= 15 is 0 Å². The Bertz CT molecular complexity index is 399. The van der Waals surface area contributed by atoms with Gasteiger partial charge < -0.3 is 14.8 Å². The summed E-state index contributed by atoms with van der Waals surface area (Å²) in [4.78, 5) is 12.1. The molecule has 4 heteroatoms. The van der Waals surface area contributed by atoms with Crippen LogP contribution in [0.2, 0.25) is 0 Å². The third kappa shape index (κ3) is 4.44. The van der Waals surface area contributed by atoms with Crippen molar-refractivity contribution in [3.63, 3.8) is 0 Å². The molecule has 0 heterocycles. The molecule has 1 rings (SSSR count). The molecule has 20 heavy (non-hydrogen) atoms. The fraction of sp³-hybridized carbons (Fsp3) is 0.562. The molecule has 4 nitrogen and oxygen atoms in total. The molecule has 0 aromatic heterocycles. The van der Waals surface area contributed by atoms with E-state index in [-0.39, 0.29) is 17.9 Å². The van der Waals surface area contributed by atoms with E-state index in [2.05, 4.69) is 19.2 Å². The van der Waals surface area contributed by atoms with Crippen molar-refractivity contribution in [2.75, 3.05) is 19.0 Å². The standard InChI is InChI=1S/C16H25NO3/c1-5-12(6-2)15(16(18)20-7-3)17-13-8-10-14(19-4)11-9-13/h8-12,15,17H,5-7H2,1-4H3. The van der Waals surface area contributed by atoms with Gasteiger partial charge in [-0.3, -0.25) is 0 Å². The number of carbonyl (C=O) groups excluding carboxylic acids is 1. The first-order valence-corrected chi connectivity index (χ1v) is 7.23. The van der Waals surface area contributed by atoms with Gasteiger partial charge in [0.25, 0.3) is 0 Å². The lowest BCUT2D eigenvalue weighted by molar-refractivity contribution is -0.145. The molecule has 0 saturated heterocycles. The van der Waals surface area contributed by atoms with Gasteiger partial charge in [-0.25, -0.2) is 4.79 Å². The maximum absolute atomic E-state index is 12.1. The minimum atomic E-state index is -0.307. The number of ether oxygens (including phenoxy) is 2. The van der Waals surface area contributed by atoms with Crippen LogP contribution in [0.4, 0.5) is 5.69 Å². The van der Waals surface area contributed by atoms with E-state index in [0.717, 1.165) is 24.3 Å². The molecular formula is C16H25NO3. The summed E-state index contributed by atoms with van der Waals surface area (Å²) in [6.07, 6.45) is 1.87. The summed E-state index contributed by atoms with van der Waals surface area (Å²) in [5, 5.41) is 3.29. The number of nitrogens with one attached hydrogen (secondary N) is 1. The molecule has 0 aliphatic carbocycles. The van der Waals surface area contributed by atoms with Crippen LogP contribution < -0.4 is 10.1 Å². The second-order valence-electron chi connectivity index (χ2n) is 4.68. The SMILES string of the molecule is CCOC(=O)C(Nc1ccc(OC)cc1)C(CC)CC. The smallest absolute Gasteiger partial charge is 0.328 e. The van der Waals surface area contributed by atoms with Crippen LogP contribution in [0, 0.1) is 5.92 Å². The number of hydrogen-bond acceptors (Lipinski definition) is 4. The molecule has 0 aliphatic heterocycles. The van der Waals surface area contributed by atoms with Crippen LogP contribution >= 0.6 is 0 Å². The van der Waals surface area contributed by atoms with Crippen LogP contribution in [0.5, 0.6) is 5.75 Å². The zero-order valence-corrected chi connectivity index (χ0v) is 12.8. The van der Waals surface area contributed by atoms with Gasteiger partial charge in [0, 0.05) is 5.69 Å². The lowest BCUT2D eigenvalue weighted by atomic mass is 9.94. The third-order valence-corrected chi connectivity index (χ3v) is 3.47. The van der Waals surface area contributed by atoms with E-state index < -0.39 is 0 Å². The first-order chi connectivity index (χ1) is 9.65. The van der Waals surface area contributed by atoms with Gasteiger partial charge in [-0.05, 0) is 37.1 Å². The first kappa shape index (κ1) is 16.3. The van der Waals surface area contributed by atoms with Gasteiger partial charge in [-0.1, -0.05) is 26.7 Å². The molecule has 1 aromatic carbocycles. The molecule has 0 bridgehead atoms. The lowest BCUT2D eigenvalue weighted by Crippen LogP contribution is -2.38. The summed E-state index contributed by atoms with van der Waals surface area (Å²) in [7, 11) is 1.63. The molecule has 0 fully saturated rings. The summed E-state index contributed by atoms with van der Waals surface area (Å²) in [5.41, 5.74) is 0.899. The molecule has 0 radical (unpaired) electrons. The Morgan fingerprint density at radius 1 is 1.15 bits per heavy atom. The molecule has 1 atom stereocenters. The minimum absolute atomic E-state index is 0.183. The molecule has 1 N–H and O–H groups in total. The first-order valence-electron chi connectivity index (χ1n) is 7.23. The predicted molar refractivity (Wildman–Crippen MR) is 81.1 cm³/mol. The summed E-state index contributed by atoms with van der Waals surface area (Å²) in [6.45, 7) is 6.42. The monoisotopic (exact) mass is 279 g/mol. The summed E-state index contributed by atoms with van der Waals surface area (Å²) in [6, 6.07) is 7.26. The fourth-order valence-electron chi connectivity index (χ4n) is 2.23. The number of esters is 1. The molecule has 0 spiro atoms. The molecule has 1 unspecified atom stereocenters. The van der Waals surface area contributed by atoms with Crippen molar-refractivity contribution in [3.05, 3.63) is 24.3 Å². The Morgan fingerprint density at radius 2 is 1.75 bits per heavy atom. The van der Waals surface area contributed by atoms with Crippen LogP contribution in [0.1, 0.15) is 33.6 Å². The zero-order chi connectivity index (χ0) is 15.0. The second-order valence-corrected chi connectivity index (χ2v) is 4.68. The van der Waals surface area contributed by atoms with E-state index in [1.54, 1.807) is 7.11 Å². The number of hydrogen-bond donors (Lipinski definition) is 1. The Labute approximate surface area is 121 Å². The highest BCUT2D eigenvalue weighted by atomic mass is 16.5. The number of methoxy groups -OCH3 is 1. The Kier molecular flexibility index (Phi) is 6.91. The van der Waals surface area contributed by atoms with Crippen LogP contribution in [-0.2, 0) is 9.53 Å². The zero-order valence-electron chi connectivity index (χ0n) is 12.8. The van der Waals surface area contributed by atoms with Gasteiger partial charge >= 0.3 is 5.97 Å². The van der Waals surface area contributed by atoms with Crippen molar-refractivity contribution in [2.24, 2.45) is 5.92 Å². The maximum atomic E-state index is 12.1. The molecule has 112 valence electrons. The van der Waals surface area contributed by atoms with Gasteiger partial charge in [0.2, 0.25) is 0 Å². The molecular weight excluding hydrogens is 254 g/mol. The maximum Gasteiger partial charge on any atom is 0.328 e. The topological polar surface area (TPSA) is 47.6 Å². The fourth-order valence-corrected chi connectivity index (χ4v) is 2.23. The predicted octanol–water partition coefficient (Wildman–Crippen LogP) is 3.48. The average molecular weight is 279 g/mol. The van der Waals surface area contributed by atoms with E-state index in [9.17, 15) is 4.79 Å². The van der Waals surface area contributed by atoms with E-state index in [1.807, 2.05) is 31.2 Å². The second kappa shape index (κ2) is 8.46. The number of rotatable bonds is 8. The summed E-state index contributed by atoms with van der Waals surface area (Å²) >= 11 is 0. The van der Waals surface area contributed by atoms with Crippen molar-refractivity contribution in [1.82, 2.24) is 0 Å². The van der Waals surface area contributed by atoms with Crippen molar-refractivity contribution >= 4 is 11.7 Å². The van der Waals surface area contributed by atoms with Crippen molar-refractivity contribution in [1.29, 1.82) is 0 Å². The van der Waals surface area contributed by atoms with Gasteiger partial charge in [0.1, 0.15) is 11.8 Å². The van der Waals surface area contributed by atoms with Crippen molar-refractivity contribution in [3.8, 4) is 5.75 Å². The largest absolute Gasteiger partial charge is 0.497 e. The number of anilines is 1. The van der Waals surface area contributed by atoms with Gasteiger partial charge in [-0.15, -0.1) is 0 Å². The number of carbonyl (C=O) groups is 1. The highest BCUT2D eigenvalue weighted by molar-refractivity contribution is 5.79. The Morgan fingerprint density at radius 3 is 2.20 bits per heavy atom. The summed E-state index contributed by atoms with van der Waals surface area (Å²) in [5.74, 6) is 0.874. The van der Waals surface area contributed by atoms with Crippen molar-refractivity contribution < 1.29 is 14.3 Å². The molecule has 0 amide bonds. The van der Waals surface area contributed by atoms with E-state index in [1.165, 1.54) is 0 Å². The Balaban J connectivity index is 2.84. The Hall–Kier alpha value is -1.71. The highest BCUT2D eigenvalue weighted by Crippen LogP contribution is 2.21. The lowest BCUT2D eigenvalue weighted by Gasteiger charge is -2.25. The molecule has 1 aromatic rings. The van der Waals surface area contributed by atoms with Gasteiger partial charge in [0.05, 0.1) is 13.7 Å². The minimum Gasteiger partial charge on any atom is -0.497 e. The highest BCUT2D eigenvalue weighted by Gasteiger charge is 2.27. The van der Waals surface area contributed by atoms with Gasteiger partial charge in [0.15, 0.2) is 0 Å². The normalized spacial score (nSPS) is 12.1. The molecule has 0 saturated carbocycles.